The predicted molar refractivity (Wildman–Crippen MR) is 72.7 cm³/mol. The van der Waals surface area contributed by atoms with Crippen molar-refractivity contribution in [2.75, 3.05) is 4.90 Å². The van der Waals surface area contributed by atoms with Crippen molar-refractivity contribution in [3.8, 4) is 0 Å². The van der Waals surface area contributed by atoms with Crippen molar-refractivity contribution < 1.29 is 0 Å². The molecule has 4 heteroatoms. The highest BCUT2D eigenvalue weighted by Crippen LogP contribution is 2.40. The summed E-state index contributed by atoms with van der Waals surface area (Å²) >= 11 is 1.81. The molecule has 2 aliphatic rings. The average molecular weight is 251 g/mol. The average Bonchev–Trinajstić information content (AvgIpc) is 2.82. The van der Waals surface area contributed by atoms with Crippen LogP contribution in [0.3, 0.4) is 0 Å². The van der Waals surface area contributed by atoms with E-state index in [1.807, 2.05) is 11.3 Å². The zero-order chi connectivity index (χ0) is 12.0. The van der Waals surface area contributed by atoms with Crippen LogP contribution in [0.1, 0.15) is 51.1 Å². The van der Waals surface area contributed by atoms with Crippen LogP contribution in [0.5, 0.6) is 0 Å². The summed E-state index contributed by atoms with van der Waals surface area (Å²) in [4.78, 5) is 7.36. The molecule has 0 aliphatic carbocycles. The van der Waals surface area contributed by atoms with Gasteiger partial charge in [0.15, 0.2) is 5.13 Å². The summed E-state index contributed by atoms with van der Waals surface area (Å²) in [5.41, 5.74) is 7.34. The molecular formula is C13H21N3S. The van der Waals surface area contributed by atoms with Crippen LogP contribution in [-0.4, -0.2) is 23.1 Å². The van der Waals surface area contributed by atoms with Crippen molar-refractivity contribution >= 4 is 16.5 Å². The summed E-state index contributed by atoms with van der Waals surface area (Å²) in [5.74, 6) is 0.532. The van der Waals surface area contributed by atoms with Gasteiger partial charge in [-0.05, 0) is 31.6 Å². The van der Waals surface area contributed by atoms with Crippen molar-refractivity contribution in [3.05, 3.63) is 11.1 Å². The van der Waals surface area contributed by atoms with E-state index in [0.717, 1.165) is 12.8 Å². The summed E-state index contributed by atoms with van der Waals surface area (Å²) in [5, 5.41) is 3.45. The van der Waals surface area contributed by atoms with Crippen molar-refractivity contribution in [1.29, 1.82) is 0 Å². The first-order chi connectivity index (χ1) is 8.15. The van der Waals surface area contributed by atoms with Gasteiger partial charge in [-0.1, -0.05) is 13.8 Å². The van der Waals surface area contributed by atoms with Gasteiger partial charge >= 0.3 is 0 Å². The molecule has 0 saturated carbocycles. The fourth-order valence-electron chi connectivity index (χ4n) is 3.19. The van der Waals surface area contributed by atoms with Gasteiger partial charge in [0.05, 0.1) is 5.69 Å². The van der Waals surface area contributed by atoms with E-state index in [-0.39, 0.29) is 0 Å². The summed E-state index contributed by atoms with van der Waals surface area (Å²) in [6, 6.07) is 1.71. The summed E-state index contributed by atoms with van der Waals surface area (Å²) in [7, 11) is 0. The number of hydrogen-bond acceptors (Lipinski definition) is 4. The molecule has 2 atom stereocenters. The number of rotatable bonds is 2. The third kappa shape index (κ3) is 1.97. The van der Waals surface area contributed by atoms with Gasteiger partial charge in [0.25, 0.3) is 0 Å². The molecule has 2 fully saturated rings. The third-order valence-electron chi connectivity index (χ3n) is 4.09. The van der Waals surface area contributed by atoms with Gasteiger partial charge in [0, 0.05) is 23.5 Å². The quantitative estimate of drug-likeness (QED) is 0.879. The van der Waals surface area contributed by atoms with Crippen molar-refractivity contribution in [2.45, 2.75) is 63.6 Å². The molecule has 3 rings (SSSR count). The number of fused-ring (bicyclic) bond motifs is 2. The Labute approximate surface area is 107 Å². The second-order valence-electron chi connectivity index (χ2n) is 5.73. The van der Waals surface area contributed by atoms with E-state index in [9.17, 15) is 0 Å². The summed E-state index contributed by atoms with van der Waals surface area (Å²) < 4.78 is 0. The van der Waals surface area contributed by atoms with E-state index in [2.05, 4.69) is 24.1 Å². The smallest absolute Gasteiger partial charge is 0.186 e. The topological polar surface area (TPSA) is 42.1 Å². The number of aromatic nitrogens is 1. The van der Waals surface area contributed by atoms with E-state index in [1.165, 1.54) is 23.7 Å². The molecular weight excluding hydrogens is 230 g/mol. The maximum absolute atomic E-state index is 6.11. The molecule has 2 aliphatic heterocycles. The fraction of sp³-hybridized carbons (Fsp3) is 0.769. The highest BCUT2D eigenvalue weighted by molar-refractivity contribution is 7.13. The van der Waals surface area contributed by atoms with E-state index < -0.39 is 0 Å². The molecule has 0 spiro atoms. The molecule has 1 aromatic heterocycles. The number of anilines is 1. The maximum atomic E-state index is 6.11. The molecule has 3 heterocycles. The Bertz CT molecular complexity index is 387. The molecule has 3 nitrogen and oxygen atoms in total. The lowest BCUT2D eigenvalue weighted by Crippen LogP contribution is -2.47. The lowest BCUT2D eigenvalue weighted by Gasteiger charge is -2.37. The Morgan fingerprint density at radius 2 is 2.00 bits per heavy atom. The second kappa shape index (κ2) is 4.25. The Morgan fingerprint density at radius 3 is 2.53 bits per heavy atom. The molecule has 0 amide bonds. The SMILES string of the molecule is CC(C)c1csc(N2C3CCC2CC(N)C3)n1. The van der Waals surface area contributed by atoms with Crippen molar-refractivity contribution in [3.63, 3.8) is 0 Å². The second-order valence-corrected chi connectivity index (χ2v) is 6.57. The highest BCUT2D eigenvalue weighted by Gasteiger charge is 2.40. The zero-order valence-corrected chi connectivity index (χ0v) is 11.4. The van der Waals surface area contributed by atoms with E-state index in [0.29, 0.717) is 24.0 Å². The van der Waals surface area contributed by atoms with Gasteiger partial charge in [-0.15, -0.1) is 11.3 Å². The first kappa shape index (κ1) is 11.5. The van der Waals surface area contributed by atoms with Gasteiger partial charge in [-0.2, -0.15) is 0 Å². The number of nitrogens with zero attached hydrogens (tertiary/aromatic N) is 2. The van der Waals surface area contributed by atoms with Crippen LogP contribution in [-0.2, 0) is 0 Å². The zero-order valence-electron chi connectivity index (χ0n) is 10.6. The van der Waals surface area contributed by atoms with Crippen LogP contribution in [0.15, 0.2) is 5.38 Å². The summed E-state index contributed by atoms with van der Waals surface area (Å²) in [6.07, 6.45) is 4.89. The van der Waals surface area contributed by atoms with Crippen LogP contribution in [0.2, 0.25) is 0 Å². The normalized spacial score (nSPS) is 32.5. The Kier molecular flexibility index (Phi) is 2.87. The summed E-state index contributed by atoms with van der Waals surface area (Å²) in [6.45, 7) is 4.42. The van der Waals surface area contributed by atoms with Crippen LogP contribution >= 0.6 is 11.3 Å². The minimum atomic E-state index is 0.410. The largest absolute Gasteiger partial charge is 0.342 e. The van der Waals surface area contributed by atoms with Crippen LogP contribution < -0.4 is 10.6 Å². The number of piperidine rings is 1. The van der Waals surface area contributed by atoms with Crippen molar-refractivity contribution in [2.24, 2.45) is 5.73 Å². The number of hydrogen-bond donors (Lipinski definition) is 1. The standard InChI is InChI=1S/C13H21N3S/c1-8(2)12-7-17-13(15-12)16-10-3-4-11(16)6-9(14)5-10/h7-11H,3-6,14H2,1-2H3. The van der Waals surface area contributed by atoms with Gasteiger partial charge in [0.1, 0.15) is 0 Å². The van der Waals surface area contributed by atoms with Gasteiger partial charge < -0.3 is 10.6 Å². The van der Waals surface area contributed by atoms with Gasteiger partial charge in [-0.3, -0.25) is 0 Å². The Hall–Kier alpha value is -0.610. The Balaban J connectivity index is 1.84. The van der Waals surface area contributed by atoms with Gasteiger partial charge in [-0.25, -0.2) is 4.98 Å². The lowest BCUT2D eigenvalue weighted by molar-refractivity contribution is 0.414. The van der Waals surface area contributed by atoms with Crippen LogP contribution in [0.4, 0.5) is 5.13 Å². The maximum Gasteiger partial charge on any atom is 0.186 e. The highest BCUT2D eigenvalue weighted by atomic mass is 32.1. The van der Waals surface area contributed by atoms with Crippen LogP contribution in [0, 0.1) is 0 Å². The molecule has 2 saturated heterocycles. The Morgan fingerprint density at radius 1 is 1.35 bits per heavy atom. The van der Waals surface area contributed by atoms with E-state index in [4.69, 9.17) is 10.7 Å². The molecule has 0 radical (unpaired) electrons. The fourth-order valence-corrected chi connectivity index (χ4v) is 4.32. The first-order valence-electron chi connectivity index (χ1n) is 6.64. The van der Waals surface area contributed by atoms with E-state index >= 15 is 0 Å². The van der Waals surface area contributed by atoms with Crippen LogP contribution in [0.25, 0.3) is 0 Å². The third-order valence-corrected chi connectivity index (χ3v) is 4.96. The minimum absolute atomic E-state index is 0.410. The van der Waals surface area contributed by atoms with E-state index in [1.54, 1.807) is 0 Å². The lowest BCUT2D eigenvalue weighted by atomic mass is 9.99. The molecule has 2 N–H and O–H groups in total. The first-order valence-corrected chi connectivity index (χ1v) is 7.52. The molecule has 2 bridgehead atoms. The molecule has 94 valence electrons. The van der Waals surface area contributed by atoms with Gasteiger partial charge in [0.2, 0.25) is 0 Å². The molecule has 1 aromatic rings. The molecule has 17 heavy (non-hydrogen) atoms. The molecule has 2 unspecified atom stereocenters. The predicted octanol–water partition coefficient (Wildman–Crippen LogP) is 2.73. The van der Waals surface area contributed by atoms with Crippen molar-refractivity contribution in [1.82, 2.24) is 4.98 Å². The number of nitrogens with two attached hydrogens (primary N) is 1. The monoisotopic (exact) mass is 251 g/mol. The molecule has 0 aromatic carbocycles. The minimum Gasteiger partial charge on any atom is -0.342 e. The number of thiazole rings is 1.